The third kappa shape index (κ3) is 2.95. The van der Waals surface area contributed by atoms with E-state index < -0.39 is 6.16 Å². The summed E-state index contributed by atoms with van der Waals surface area (Å²) in [4.78, 5) is 13.2. The highest BCUT2D eigenvalue weighted by Gasteiger charge is 2.15. The van der Waals surface area contributed by atoms with Crippen molar-refractivity contribution in [1.29, 1.82) is 0 Å². The first-order chi connectivity index (χ1) is 7.34. The van der Waals surface area contributed by atoms with Crippen LogP contribution in [0.5, 0.6) is 5.75 Å². The van der Waals surface area contributed by atoms with Crippen LogP contribution in [0.15, 0.2) is 30.3 Å². The number of benzene rings is 1. The van der Waals surface area contributed by atoms with Gasteiger partial charge in [0.2, 0.25) is 0 Å². The fraction of sp³-hybridized carbons (Fsp3) is 0.364. The van der Waals surface area contributed by atoms with Crippen LogP contribution < -0.4 is 4.74 Å². The van der Waals surface area contributed by atoms with Gasteiger partial charge in [-0.1, -0.05) is 18.2 Å². The number of hydrogen-bond acceptors (Lipinski definition) is 4. The van der Waals surface area contributed by atoms with Gasteiger partial charge in [-0.25, -0.2) is 4.79 Å². The van der Waals surface area contributed by atoms with Crippen molar-refractivity contribution >= 4 is 6.16 Å². The Kier molecular flexibility index (Phi) is 3.19. The van der Waals surface area contributed by atoms with Gasteiger partial charge in [-0.15, -0.1) is 0 Å². The van der Waals surface area contributed by atoms with Crippen molar-refractivity contribution in [3.05, 3.63) is 30.3 Å². The maximum absolute atomic E-state index is 11.2. The summed E-state index contributed by atoms with van der Waals surface area (Å²) in [6, 6.07) is 8.89. The lowest BCUT2D eigenvalue weighted by Crippen LogP contribution is -2.39. The third-order valence-corrected chi connectivity index (χ3v) is 2.26. The lowest BCUT2D eigenvalue weighted by molar-refractivity contribution is 0.0142. The maximum atomic E-state index is 11.2. The van der Waals surface area contributed by atoms with Gasteiger partial charge in [-0.05, 0) is 18.6 Å². The number of ether oxygens (including phenoxy) is 2. The molecule has 1 fully saturated rings. The van der Waals surface area contributed by atoms with E-state index in [0.717, 1.165) is 13.1 Å². The van der Waals surface area contributed by atoms with Gasteiger partial charge in [-0.2, -0.15) is 0 Å². The molecule has 0 N–H and O–H groups in total. The molecule has 1 aliphatic rings. The van der Waals surface area contributed by atoms with Gasteiger partial charge >= 0.3 is 6.16 Å². The van der Waals surface area contributed by atoms with Crippen LogP contribution in [0.25, 0.3) is 0 Å². The molecule has 1 aromatic rings. The second-order valence-electron chi connectivity index (χ2n) is 3.41. The fourth-order valence-electron chi connectivity index (χ4n) is 1.27. The number of nitrogens with zero attached hydrogens (tertiary/aromatic N) is 1. The van der Waals surface area contributed by atoms with Crippen LogP contribution in [0.2, 0.25) is 0 Å². The van der Waals surface area contributed by atoms with Crippen LogP contribution in [0.3, 0.4) is 0 Å². The Bertz CT molecular complexity index is 322. The predicted octanol–water partition coefficient (Wildman–Crippen LogP) is 1.87. The quantitative estimate of drug-likeness (QED) is 0.560. The number of carbonyl (C=O) groups excluding carboxylic acids is 1. The highest BCUT2D eigenvalue weighted by atomic mass is 16.7. The molecule has 0 atom stereocenters. The summed E-state index contributed by atoms with van der Waals surface area (Å²) in [5.41, 5.74) is 0. The molecule has 0 unspecified atom stereocenters. The highest BCUT2D eigenvalue weighted by Crippen LogP contribution is 2.10. The molecule has 1 aromatic carbocycles. The molecule has 1 saturated heterocycles. The Morgan fingerprint density at radius 1 is 1.27 bits per heavy atom. The van der Waals surface area contributed by atoms with Crippen molar-refractivity contribution in [3.63, 3.8) is 0 Å². The topological polar surface area (TPSA) is 38.8 Å². The molecule has 2 rings (SSSR count). The smallest absolute Gasteiger partial charge is 0.418 e. The zero-order chi connectivity index (χ0) is 10.5. The van der Waals surface area contributed by atoms with E-state index in [0.29, 0.717) is 12.5 Å². The van der Waals surface area contributed by atoms with Gasteiger partial charge in [0.15, 0.2) is 0 Å². The molecule has 0 saturated carbocycles. The lowest BCUT2D eigenvalue weighted by Gasteiger charge is -2.29. The third-order valence-electron chi connectivity index (χ3n) is 2.26. The standard InChI is InChI=1S/C11H13NO3/c13-11(14-9-12-7-4-8-12)15-10-5-2-1-3-6-10/h1-3,5-6H,4,7-9H2. The molecule has 80 valence electrons. The molecule has 4 heteroatoms. The monoisotopic (exact) mass is 207 g/mol. The summed E-state index contributed by atoms with van der Waals surface area (Å²) in [6.45, 7) is 2.32. The summed E-state index contributed by atoms with van der Waals surface area (Å²) in [7, 11) is 0. The van der Waals surface area contributed by atoms with Crippen LogP contribution in [0.1, 0.15) is 6.42 Å². The van der Waals surface area contributed by atoms with Gasteiger partial charge in [0.1, 0.15) is 12.5 Å². The van der Waals surface area contributed by atoms with Crippen LogP contribution in [0.4, 0.5) is 4.79 Å². The van der Waals surface area contributed by atoms with Gasteiger partial charge in [-0.3, -0.25) is 4.90 Å². The highest BCUT2D eigenvalue weighted by molar-refractivity contribution is 5.63. The van der Waals surface area contributed by atoms with Crippen molar-refractivity contribution in [2.24, 2.45) is 0 Å². The molecular formula is C11H13NO3. The zero-order valence-corrected chi connectivity index (χ0v) is 8.39. The predicted molar refractivity (Wildman–Crippen MR) is 54.6 cm³/mol. The van der Waals surface area contributed by atoms with Gasteiger partial charge in [0.05, 0.1) is 0 Å². The molecule has 0 amide bonds. The molecule has 0 radical (unpaired) electrons. The summed E-state index contributed by atoms with van der Waals surface area (Å²) in [5.74, 6) is 0.506. The van der Waals surface area contributed by atoms with Crippen molar-refractivity contribution in [1.82, 2.24) is 4.90 Å². The minimum atomic E-state index is -0.645. The summed E-state index contributed by atoms with van der Waals surface area (Å²) < 4.78 is 9.86. The summed E-state index contributed by atoms with van der Waals surface area (Å²) in [6.07, 6.45) is 0.532. The van der Waals surface area contributed by atoms with Crippen molar-refractivity contribution in [3.8, 4) is 5.75 Å². The van der Waals surface area contributed by atoms with Crippen LogP contribution in [0, 0.1) is 0 Å². The first-order valence-electron chi connectivity index (χ1n) is 4.96. The molecule has 0 spiro atoms. The maximum Gasteiger partial charge on any atom is 0.515 e. The number of likely N-dealkylation sites (tertiary alicyclic amines) is 1. The van der Waals surface area contributed by atoms with Crippen molar-refractivity contribution in [2.45, 2.75) is 6.42 Å². The van der Waals surface area contributed by atoms with Gasteiger partial charge < -0.3 is 9.47 Å². The van der Waals surface area contributed by atoms with E-state index in [9.17, 15) is 4.79 Å². The van der Waals surface area contributed by atoms with Gasteiger partial charge in [0.25, 0.3) is 0 Å². The van der Waals surface area contributed by atoms with E-state index in [1.807, 2.05) is 11.0 Å². The normalized spacial score (nSPS) is 15.5. The Labute approximate surface area is 88.4 Å². The molecule has 4 nitrogen and oxygen atoms in total. The second kappa shape index (κ2) is 4.79. The van der Waals surface area contributed by atoms with Crippen molar-refractivity contribution in [2.75, 3.05) is 19.8 Å². The Morgan fingerprint density at radius 2 is 2.00 bits per heavy atom. The molecule has 1 aliphatic heterocycles. The molecule has 1 heterocycles. The van der Waals surface area contributed by atoms with E-state index >= 15 is 0 Å². The van der Waals surface area contributed by atoms with E-state index in [1.54, 1.807) is 24.3 Å². The lowest BCUT2D eigenvalue weighted by atomic mass is 10.2. The SMILES string of the molecule is O=C(OCN1CCC1)Oc1ccccc1. The average Bonchev–Trinajstić information content (AvgIpc) is 2.17. The minimum absolute atomic E-state index is 0.325. The summed E-state index contributed by atoms with van der Waals surface area (Å²) in [5, 5.41) is 0. The number of rotatable bonds is 3. The second-order valence-corrected chi connectivity index (χ2v) is 3.41. The van der Waals surface area contributed by atoms with E-state index in [-0.39, 0.29) is 0 Å². The van der Waals surface area contributed by atoms with E-state index in [4.69, 9.17) is 9.47 Å². The molecule has 0 bridgehead atoms. The fourth-order valence-corrected chi connectivity index (χ4v) is 1.27. The number of carbonyl (C=O) groups is 1. The summed E-state index contributed by atoms with van der Waals surface area (Å²) >= 11 is 0. The number of hydrogen-bond donors (Lipinski definition) is 0. The molecule has 0 aromatic heterocycles. The first kappa shape index (κ1) is 9.98. The first-order valence-corrected chi connectivity index (χ1v) is 4.96. The van der Waals surface area contributed by atoms with E-state index in [2.05, 4.69) is 0 Å². The molecular weight excluding hydrogens is 194 g/mol. The molecule has 15 heavy (non-hydrogen) atoms. The van der Waals surface area contributed by atoms with Crippen LogP contribution in [-0.4, -0.2) is 30.9 Å². The zero-order valence-electron chi connectivity index (χ0n) is 8.39. The Hall–Kier alpha value is -1.55. The largest absolute Gasteiger partial charge is 0.515 e. The van der Waals surface area contributed by atoms with Crippen LogP contribution in [-0.2, 0) is 4.74 Å². The molecule has 0 aliphatic carbocycles. The van der Waals surface area contributed by atoms with E-state index in [1.165, 1.54) is 6.42 Å². The van der Waals surface area contributed by atoms with Crippen LogP contribution >= 0.6 is 0 Å². The Morgan fingerprint density at radius 3 is 2.60 bits per heavy atom. The van der Waals surface area contributed by atoms with Gasteiger partial charge in [0, 0.05) is 13.1 Å². The Balaban J connectivity index is 1.72. The van der Waals surface area contributed by atoms with Crippen molar-refractivity contribution < 1.29 is 14.3 Å². The minimum Gasteiger partial charge on any atom is -0.418 e. The average molecular weight is 207 g/mol. The number of para-hydroxylation sites is 1.